The molecule has 0 atom stereocenters. The summed E-state index contributed by atoms with van der Waals surface area (Å²) in [5, 5.41) is 4.32. The summed E-state index contributed by atoms with van der Waals surface area (Å²) in [6, 6.07) is 9.65. The molecule has 6 heteroatoms. The summed E-state index contributed by atoms with van der Waals surface area (Å²) in [5.41, 5.74) is 3.83. The summed E-state index contributed by atoms with van der Waals surface area (Å²) < 4.78 is 12.7. The fraction of sp³-hybridized carbons (Fsp3) is 0.300. The van der Waals surface area contributed by atoms with Gasteiger partial charge in [-0.25, -0.2) is 4.52 Å². The predicted octanol–water partition coefficient (Wildman–Crippen LogP) is 2.87. The summed E-state index contributed by atoms with van der Waals surface area (Å²) in [7, 11) is 3.27. The molecule has 0 aliphatic carbocycles. The molecule has 0 N–H and O–H groups in total. The number of pyridine rings is 1. The fourth-order valence-corrected chi connectivity index (χ4v) is 3.57. The summed E-state index contributed by atoms with van der Waals surface area (Å²) in [6.07, 6.45) is 5.77. The monoisotopic (exact) mass is 351 g/mol. The van der Waals surface area contributed by atoms with Crippen molar-refractivity contribution in [1.82, 2.24) is 9.61 Å². The van der Waals surface area contributed by atoms with E-state index in [0.29, 0.717) is 18.7 Å². The number of aromatic nitrogens is 2. The van der Waals surface area contributed by atoms with Crippen molar-refractivity contribution in [3.8, 4) is 11.5 Å². The van der Waals surface area contributed by atoms with Crippen molar-refractivity contribution < 1.29 is 14.3 Å². The van der Waals surface area contributed by atoms with E-state index in [1.807, 2.05) is 41.4 Å². The summed E-state index contributed by atoms with van der Waals surface area (Å²) in [6.45, 7) is 0.696. The molecule has 0 unspecified atom stereocenters. The van der Waals surface area contributed by atoms with Gasteiger partial charge in [-0.3, -0.25) is 4.79 Å². The molecule has 0 fully saturated rings. The average Bonchev–Trinajstić information content (AvgIpc) is 3.09. The number of fused-ring (bicyclic) bond motifs is 2. The Labute approximate surface area is 151 Å². The predicted molar refractivity (Wildman–Crippen MR) is 99.1 cm³/mol. The van der Waals surface area contributed by atoms with Crippen molar-refractivity contribution in [3.63, 3.8) is 0 Å². The van der Waals surface area contributed by atoms with Crippen LogP contribution in [-0.4, -0.2) is 36.3 Å². The first-order valence-corrected chi connectivity index (χ1v) is 8.68. The number of carbonyl (C=O) groups excluding carboxylic acids is 1. The topological polar surface area (TPSA) is 56.1 Å². The second-order valence-electron chi connectivity index (χ2n) is 6.35. The van der Waals surface area contributed by atoms with Crippen LogP contribution in [0, 0.1) is 0 Å². The van der Waals surface area contributed by atoms with Gasteiger partial charge in [-0.1, -0.05) is 6.07 Å². The number of hydrogen-bond donors (Lipinski definition) is 0. The lowest BCUT2D eigenvalue weighted by atomic mass is 9.99. The van der Waals surface area contributed by atoms with Gasteiger partial charge >= 0.3 is 0 Å². The van der Waals surface area contributed by atoms with Crippen molar-refractivity contribution in [2.24, 2.45) is 0 Å². The number of anilines is 1. The molecule has 1 amide bonds. The summed E-state index contributed by atoms with van der Waals surface area (Å²) in [5.74, 6) is 1.52. The van der Waals surface area contributed by atoms with Crippen molar-refractivity contribution in [3.05, 3.63) is 53.9 Å². The van der Waals surface area contributed by atoms with Gasteiger partial charge < -0.3 is 14.4 Å². The third-order valence-electron chi connectivity index (χ3n) is 4.86. The van der Waals surface area contributed by atoms with Crippen molar-refractivity contribution in [2.45, 2.75) is 19.3 Å². The molecule has 0 bridgehead atoms. The third kappa shape index (κ3) is 2.77. The number of amides is 1. The Morgan fingerprint density at radius 3 is 2.92 bits per heavy atom. The van der Waals surface area contributed by atoms with Gasteiger partial charge in [0.05, 0.1) is 38.0 Å². The highest BCUT2D eigenvalue weighted by Gasteiger charge is 2.26. The van der Waals surface area contributed by atoms with Crippen LogP contribution in [0.15, 0.2) is 42.7 Å². The van der Waals surface area contributed by atoms with Gasteiger partial charge in [0.2, 0.25) is 5.91 Å². The van der Waals surface area contributed by atoms with E-state index in [1.165, 1.54) is 0 Å². The van der Waals surface area contributed by atoms with Gasteiger partial charge in [-0.15, -0.1) is 0 Å². The van der Waals surface area contributed by atoms with Gasteiger partial charge in [-0.2, -0.15) is 5.10 Å². The van der Waals surface area contributed by atoms with E-state index < -0.39 is 0 Å². The molecule has 1 aliphatic heterocycles. The Kier molecular flexibility index (Phi) is 4.24. The molecule has 0 saturated carbocycles. The fourth-order valence-electron chi connectivity index (χ4n) is 3.57. The van der Waals surface area contributed by atoms with Crippen LogP contribution >= 0.6 is 0 Å². The van der Waals surface area contributed by atoms with Crippen molar-refractivity contribution >= 4 is 17.1 Å². The highest BCUT2D eigenvalue weighted by molar-refractivity contribution is 5.97. The molecular formula is C20H21N3O3. The largest absolute Gasteiger partial charge is 0.497 e. The van der Waals surface area contributed by atoms with Gasteiger partial charge in [0.1, 0.15) is 11.5 Å². The zero-order valence-corrected chi connectivity index (χ0v) is 14.9. The Balaban J connectivity index is 1.68. The lowest BCUT2D eigenvalue weighted by Gasteiger charge is -2.31. The van der Waals surface area contributed by atoms with E-state index in [2.05, 4.69) is 5.10 Å². The molecule has 3 heterocycles. The standard InChI is InChI=1S/C20H21N3O3/c1-25-15-11-18-16(19(12-15)26-2)6-5-8-22(18)20(24)10-14-13-21-23-9-4-3-7-17(14)23/h3-4,7,9,11-13H,5-6,8,10H2,1-2H3. The van der Waals surface area contributed by atoms with E-state index in [9.17, 15) is 4.79 Å². The number of nitrogens with zero attached hydrogens (tertiary/aromatic N) is 3. The second kappa shape index (κ2) is 6.71. The molecule has 0 saturated heterocycles. The number of rotatable bonds is 4. The molecule has 3 aromatic rings. The van der Waals surface area contributed by atoms with Crippen LogP contribution in [0.1, 0.15) is 17.5 Å². The number of benzene rings is 1. The zero-order chi connectivity index (χ0) is 18.1. The first-order chi connectivity index (χ1) is 12.7. The third-order valence-corrected chi connectivity index (χ3v) is 4.86. The highest BCUT2D eigenvalue weighted by atomic mass is 16.5. The molecule has 26 heavy (non-hydrogen) atoms. The van der Waals surface area contributed by atoms with Gasteiger partial charge in [0.15, 0.2) is 0 Å². The van der Waals surface area contributed by atoms with Crippen LogP contribution < -0.4 is 14.4 Å². The second-order valence-corrected chi connectivity index (χ2v) is 6.35. The number of ether oxygens (including phenoxy) is 2. The highest BCUT2D eigenvalue weighted by Crippen LogP contribution is 2.38. The number of carbonyl (C=O) groups is 1. The van der Waals surface area contributed by atoms with Crippen molar-refractivity contribution in [2.75, 3.05) is 25.7 Å². The van der Waals surface area contributed by atoms with E-state index in [1.54, 1.807) is 24.9 Å². The first kappa shape index (κ1) is 16.4. The number of hydrogen-bond acceptors (Lipinski definition) is 4. The maximum Gasteiger partial charge on any atom is 0.231 e. The SMILES string of the molecule is COc1cc(OC)c2c(c1)N(C(=O)Cc1cnn3ccccc13)CCC2. The van der Waals surface area contributed by atoms with Crippen LogP contribution in [0.5, 0.6) is 11.5 Å². The summed E-state index contributed by atoms with van der Waals surface area (Å²) >= 11 is 0. The Morgan fingerprint density at radius 1 is 1.23 bits per heavy atom. The maximum absolute atomic E-state index is 13.1. The van der Waals surface area contributed by atoms with E-state index in [0.717, 1.165) is 40.9 Å². The number of methoxy groups -OCH3 is 2. The molecule has 1 aromatic carbocycles. The zero-order valence-electron chi connectivity index (χ0n) is 14.9. The minimum atomic E-state index is 0.0556. The first-order valence-electron chi connectivity index (χ1n) is 8.68. The van der Waals surface area contributed by atoms with E-state index in [-0.39, 0.29) is 5.91 Å². The minimum absolute atomic E-state index is 0.0556. The Hall–Kier alpha value is -3.02. The Morgan fingerprint density at radius 2 is 2.12 bits per heavy atom. The van der Waals surface area contributed by atoms with Crippen LogP contribution in [0.2, 0.25) is 0 Å². The molecular weight excluding hydrogens is 330 g/mol. The average molecular weight is 351 g/mol. The van der Waals surface area contributed by atoms with Gasteiger partial charge in [0.25, 0.3) is 0 Å². The van der Waals surface area contributed by atoms with Gasteiger partial charge in [-0.05, 0) is 25.0 Å². The summed E-state index contributed by atoms with van der Waals surface area (Å²) in [4.78, 5) is 14.9. The molecule has 1 aliphatic rings. The molecule has 0 spiro atoms. The van der Waals surface area contributed by atoms with Crippen LogP contribution in [0.4, 0.5) is 5.69 Å². The molecule has 6 nitrogen and oxygen atoms in total. The van der Waals surface area contributed by atoms with Crippen molar-refractivity contribution in [1.29, 1.82) is 0 Å². The normalized spacial score (nSPS) is 13.5. The lowest BCUT2D eigenvalue weighted by Crippen LogP contribution is -2.36. The van der Waals surface area contributed by atoms with E-state index >= 15 is 0 Å². The maximum atomic E-state index is 13.1. The van der Waals surface area contributed by atoms with E-state index in [4.69, 9.17) is 9.47 Å². The quantitative estimate of drug-likeness (QED) is 0.725. The molecule has 4 rings (SSSR count). The molecule has 2 aromatic heterocycles. The van der Waals surface area contributed by atoms with Crippen LogP contribution in [0.3, 0.4) is 0 Å². The van der Waals surface area contributed by atoms with Gasteiger partial charge in [0, 0.05) is 36.0 Å². The van der Waals surface area contributed by atoms with Crippen LogP contribution in [-0.2, 0) is 17.6 Å². The smallest absolute Gasteiger partial charge is 0.231 e. The lowest BCUT2D eigenvalue weighted by molar-refractivity contribution is -0.118. The molecule has 134 valence electrons. The Bertz CT molecular complexity index is 964. The minimum Gasteiger partial charge on any atom is -0.497 e. The molecule has 0 radical (unpaired) electrons. The van der Waals surface area contributed by atoms with Crippen LogP contribution in [0.25, 0.3) is 5.52 Å².